The lowest BCUT2D eigenvalue weighted by molar-refractivity contribution is 0.0216. The van der Waals surface area contributed by atoms with Gasteiger partial charge in [0.15, 0.2) is 5.82 Å². The Bertz CT molecular complexity index is 491. The van der Waals surface area contributed by atoms with E-state index in [0.29, 0.717) is 0 Å². The van der Waals surface area contributed by atoms with E-state index in [1.165, 1.54) is 0 Å². The Kier molecular flexibility index (Phi) is 3.34. The minimum atomic E-state index is 0.771. The van der Waals surface area contributed by atoms with Gasteiger partial charge in [-0.3, -0.25) is 4.90 Å². The molecule has 0 unspecified atom stereocenters. The van der Waals surface area contributed by atoms with Gasteiger partial charge in [0.25, 0.3) is 0 Å². The first-order valence-corrected chi connectivity index (χ1v) is 6.17. The maximum atomic E-state index is 5.35. The second-order valence-corrected chi connectivity index (χ2v) is 4.32. The fourth-order valence-electron chi connectivity index (χ4n) is 2.11. The average Bonchev–Trinajstić information content (AvgIpc) is 2.89. The van der Waals surface area contributed by atoms with Crippen molar-refractivity contribution in [3.05, 3.63) is 36.7 Å². The third-order valence-corrected chi connectivity index (χ3v) is 3.09. The predicted octanol–water partition coefficient (Wildman–Crippen LogP) is 1.23. The van der Waals surface area contributed by atoms with Gasteiger partial charge in [0.1, 0.15) is 6.33 Å². The fourth-order valence-corrected chi connectivity index (χ4v) is 2.11. The van der Waals surface area contributed by atoms with Crippen molar-refractivity contribution in [2.45, 2.75) is 6.67 Å². The van der Waals surface area contributed by atoms with Gasteiger partial charge in [-0.15, -0.1) is 0 Å². The monoisotopic (exact) mass is 244 g/mol. The second-order valence-electron chi connectivity index (χ2n) is 4.32. The van der Waals surface area contributed by atoms with E-state index in [9.17, 15) is 0 Å². The highest BCUT2D eigenvalue weighted by Gasteiger charge is 2.13. The van der Waals surface area contributed by atoms with Crippen LogP contribution in [0.25, 0.3) is 11.4 Å². The number of ether oxygens (including phenoxy) is 1. The molecule has 1 fully saturated rings. The summed E-state index contributed by atoms with van der Waals surface area (Å²) in [6.07, 6.45) is 1.61. The maximum absolute atomic E-state index is 5.35. The Morgan fingerprint density at radius 3 is 2.67 bits per heavy atom. The van der Waals surface area contributed by atoms with Crippen LogP contribution >= 0.6 is 0 Å². The molecule has 2 heterocycles. The number of rotatable bonds is 3. The number of nitrogens with zero attached hydrogens (tertiary/aromatic N) is 4. The molecule has 1 aliphatic rings. The highest BCUT2D eigenvalue weighted by molar-refractivity contribution is 5.54. The van der Waals surface area contributed by atoms with Crippen molar-refractivity contribution in [1.82, 2.24) is 19.7 Å². The molecule has 1 aromatic carbocycles. The van der Waals surface area contributed by atoms with Crippen molar-refractivity contribution in [3.8, 4) is 11.4 Å². The molecule has 0 bridgehead atoms. The SMILES string of the molecule is c1ccc(-c2ncnn2CN2CCOCC2)cc1. The Morgan fingerprint density at radius 1 is 1.11 bits per heavy atom. The third-order valence-electron chi connectivity index (χ3n) is 3.09. The van der Waals surface area contributed by atoms with E-state index >= 15 is 0 Å². The zero-order valence-electron chi connectivity index (χ0n) is 10.2. The van der Waals surface area contributed by atoms with Crippen molar-refractivity contribution < 1.29 is 4.74 Å². The summed E-state index contributed by atoms with van der Waals surface area (Å²) in [6, 6.07) is 10.2. The zero-order valence-corrected chi connectivity index (χ0v) is 10.2. The average molecular weight is 244 g/mol. The van der Waals surface area contributed by atoms with Crippen molar-refractivity contribution >= 4 is 0 Å². The topological polar surface area (TPSA) is 43.2 Å². The van der Waals surface area contributed by atoms with Crippen LogP contribution in [-0.4, -0.2) is 46.0 Å². The third kappa shape index (κ3) is 2.42. The number of aromatic nitrogens is 3. The number of hydrogen-bond acceptors (Lipinski definition) is 4. The van der Waals surface area contributed by atoms with Gasteiger partial charge in [0.05, 0.1) is 19.9 Å². The van der Waals surface area contributed by atoms with E-state index in [-0.39, 0.29) is 0 Å². The van der Waals surface area contributed by atoms with Crippen LogP contribution in [-0.2, 0) is 11.4 Å². The van der Waals surface area contributed by atoms with Gasteiger partial charge in [-0.2, -0.15) is 5.10 Å². The molecule has 2 aromatic rings. The smallest absolute Gasteiger partial charge is 0.159 e. The van der Waals surface area contributed by atoms with Crippen LogP contribution in [0.1, 0.15) is 0 Å². The molecule has 0 radical (unpaired) electrons. The van der Waals surface area contributed by atoms with Crippen molar-refractivity contribution in [3.63, 3.8) is 0 Å². The van der Waals surface area contributed by atoms with Crippen LogP contribution < -0.4 is 0 Å². The van der Waals surface area contributed by atoms with Gasteiger partial charge >= 0.3 is 0 Å². The number of hydrogen-bond donors (Lipinski definition) is 0. The van der Waals surface area contributed by atoms with Crippen LogP contribution in [0.15, 0.2) is 36.7 Å². The van der Waals surface area contributed by atoms with E-state index in [4.69, 9.17) is 4.74 Å². The van der Waals surface area contributed by atoms with Gasteiger partial charge in [0.2, 0.25) is 0 Å². The van der Waals surface area contributed by atoms with Gasteiger partial charge in [-0.25, -0.2) is 9.67 Å². The first-order chi connectivity index (χ1) is 8.93. The highest BCUT2D eigenvalue weighted by Crippen LogP contribution is 2.15. The Balaban J connectivity index is 1.79. The van der Waals surface area contributed by atoms with Crippen molar-refractivity contribution in [1.29, 1.82) is 0 Å². The summed E-state index contributed by atoms with van der Waals surface area (Å²) in [4.78, 5) is 6.67. The summed E-state index contributed by atoms with van der Waals surface area (Å²) in [5.74, 6) is 0.919. The predicted molar refractivity (Wildman–Crippen MR) is 67.9 cm³/mol. The van der Waals surface area contributed by atoms with Crippen LogP contribution in [0, 0.1) is 0 Å². The molecule has 3 rings (SSSR count). The lowest BCUT2D eigenvalue weighted by Gasteiger charge is -2.26. The van der Waals surface area contributed by atoms with Gasteiger partial charge < -0.3 is 4.74 Å². The van der Waals surface area contributed by atoms with Crippen LogP contribution in [0.3, 0.4) is 0 Å². The lowest BCUT2D eigenvalue weighted by Crippen LogP contribution is -2.37. The molecular formula is C13H16N4O. The number of morpholine rings is 1. The molecule has 0 saturated carbocycles. The van der Waals surface area contributed by atoms with Crippen LogP contribution in [0.5, 0.6) is 0 Å². The van der Waals surface area contributed by atoms with Crippen molar-refractivity contribution in [2.75, 3.05) is 26.3 Å². The molecule has 5 nitrogen and oxygen atoms in total. The normalized spacial score (nSPS) is 16.9. The van der Waals surface area contributed by atoms with Gasteiger partial charge in [-0.1, -0.05) is 30.3 Å². The highest BCUT2D eigenvalue weighted by atomic mass is 16.5. The standard InChI is InChI=1S/C13H16N4O/c1-2-4-12(5-3-1)13-14-10-15-17(13)11-16-6-8-18-9-7-16/h1-5,10H,6-9,11H2. The van der Waals surface area contributed by atoms with Crippen molar-refractivity contribution in [2.24, 2.45) is 0 Å². The molecule has 0 amide bonds. The summed E-state index contributed by atoms with van der Waals surface area (Å²) in [5.41, 5.74) is 1.10. The molecule has 1 aromatic heterocycles. The quantitative estimate of drug-likeness (QED) is 0.814. The second kappa shape index (κ2) is 5.29. The molecule has 18 heavy (non-hydrogen) atoms. The zero-order chi connectivity index (χ0) is 12.2. The largest absolute Gasteiger partial charge is 0.379 e. The first-order valence-electron chi connectivity index (χ1n) is 6.17. The molecule has 5 heteroatoms. The van der Waals surface area contributed by atoms with E-state index < -0.39 is 0 Å². The summed E-state index contributed by atoms with van der Waals surface area (Å²) in [5, 5.41) is 4.31. The van der Waals surface area contributed by atoms with E-state index in [2.05, 4.69) is 27.1 Å². The molecule has 0 atom stereocenters. The van der Waals surface area contributed by atoms with E-state index in [1.807, 2.05) is 22.9 Å². The van der Waals surface area contributed by atoms with Gasteiger partial charge in [-0.05, 0) is 0 Å². The number of benzene rings is 1. The summed E-state index contributed by atoms with van der Waals surface area (Å²) >= 11 is 0. The summed E-state index contributed by atoms with van der Waals surface area (Å²) in [6.45, 7) is 4.28. The Hall–Kier alpha value is -1.72. The minimum absolute atomic E-state index is 0.771. The van der Waals surface area contributed by atoms with E-state index in [1.54, 1.807) is 6.33 Å². The molecule has 1 saturated heterocycles. The van der Waals surface area contributed by atoms with Gasteiger partial charge in [0, 0.05) is 18.7 Å². The molecule has 0 spiro atoms. The minimum Gasteiger partial charge on any atom is -0.379 e. The summed E-state index contributed by atoms with van der Waals surface area (Å²) in [7, 11) is 0. The fraction of sp³-hybridized carbons (Fsp3) is 0.385. The van der Waals surface area contributed by atoms with E-state index in [0.717, 1.165) is 44.4 Å². The van der Waals surface area contributed by atoms with Crippen LogP contribution in [0.4, 0.5) is 0 Å². The molecule has 0 aliphatic carbocycles. The molecular weight excluding hydrogens is 228 g/mol. The Labute approximate surface area is 106 Å². The Morgan fingerprint density at radius 2 is 1.89 bits per heavy atom. The maximum Gasteiger partial charge on any atom is 0.159 e. The van der Waals surface area contributed by atoms with Crippen LogP contribution in [0.2, 0.25) is 0 Å². The first kappa shape index (κ1) is 11.4. The molecule has 0 N–H and O–H groups in total. The lowest BCUT2D eigenvalue weighted by atomic mass is 10.2. The molecule has 1 aliphatic heterocycles. The summed E-state index contributed by atoms with van der Waals surface area (Å²) < 4.78 is 7.29. The molecule has 94 valence electrons.